The summed E-state index contributed by atoms with van der Waals surface area (Å²) in [6, 6.07) is 0. The number of carbonyl (C=O) groups is 2. The average Bonchev–Trinajstić information content (AvgIpc) is 3.60. The number of Topliss-reactive ketones (excluding diaryl/α,β-unsaturated/α-hetero) is 1. The van der Waals surface area contributed by atoms with Gasteiger partial charge < -0.3 is 10.2 Å². The molecule has 0 amide bonds. The van der Waals surface area contributed by atoms with Crippen molar-refractivity contribution in [1.82, 2.24) is 0 Å². The van der Waals surface area contributed by atoms with Gasteiger partial charge in [-0.15, -0.1) is 0 Å². The Labute approximate surface area is 224 Å². The number of ketones is 2. The molecule has 2 N–H and O–H groups in total. The fourth-order valence-electron chi connectivity index (χ4n) is 7.66. The molecule has 204 valence electrons. The third kappa shape index (κ3) is 5.81. The van der Waals surface area contributed by atoms with Crippen molar-refractivity contribution in [2.75, 3.05) is 0 Å². The summed E-state index contributed by atoms with van der Waals surface area (Å²) in [6.07, 6.45) is 18.9. The summed E-state index contributed by atoms with van der Waals surface area (Å²) in [5.74, 6) is 1.57. The van der Waals surface area contributed by atoms with Crippen LogP contribution in [0.1, 0.15) is 104 Å². The highest BCUT2D eigenvalue weighted by atomic mass is 16.3. The number of hydrogen-bond donors (Lipinski definition) is 2. The number of fused-ring (bicyclic) bond motifs is 1. The highest BCUT2D eigenvalue weighted by molar-refractivity contribution is 6.14. The maximum absolute atomic E-state index is 13.1. The normalized spacial score (nSPS) is 35.0. The summed E-state index contributed by atoms with van der Waals surface area (Å²) in [5.41, 5.74) is 2.63. The van der Waals surface area contributed by atoms with Gasteiger partial charge in [-0.25, -0.2) is 0 Å². The lowest BCUT2D eigenvalue weighted by Crippen LogP contribution is -2.35. The lowest BCUT2D eigenvalue weighted by molar-refractivity contribution is -0.132. The first kappa shape index (κ1) is 28.2. The van der Waals surface area contributed by atoms with Gasteiger partial charge in [0.05, 0.1) is 17.6 Å². The molecule has 0 aromatic carbocycles. The summed E-state index contributed by atoms with van der Waals surface area (Å²) in [5, 5.41) is 20.4. The van der Waals surface area contributed by atoms with E-state index in [1.807, 2.05) is 0 Å². The number of unbranched alkanes of at least 4 members (excludes halogenated alkanes) is 2. The van der Waals surface area contributed by atoms with Crippen LogP contribution in [0, 0.1) is 28.6 Å². The van der Waals surface area contributed by atoms with Crippen LogP contribution < -0.4 is 0 Å². The van der Waals surface area contributed by atoms with Gasteiger partial charge in [-0.05, 0) is 99.0 Å². The first-order valence-corrected chi connectivity index (χ1v) is 14.8. The van der Waals surface area contributed by atoms with Crippen molar-refractivity contribution in [3.8, 4) is 0 Å². The van der Waals surface area contributed by atoms with E-state index in [0.717, 1.165) is 50.5 Å². The van der Waals surface area contributed by atoms with Crippen molar-refractivity contribution in [3.05, 3.63) is 47.6 Å². The molecule has 0 radical (unpaired) electrons. The average molecular weight is 509 g/mol. The fraction of sp³-hybridized carbons (Fsp3) is 0.697. The summed E-state index contributed by atoms with van der Waals surface area (Å²) < 4.78 is 0. The number of aliphatic hydroxyl groups is 2. The van der Waals surface area contributed by atoms with Crippen LogP contribution in [0.25, 0.3) is 0 Å². The highest BCUT2D eigenvalue weighted by Gasteiger charge is 2.54. The van der Waals surface area contributed by atoms with Crippen LogP contribution in [0.2, 0.25) is 0 Å². The van der Waals surface area contributed by atoms with E-state index in [-0.39, 0.29) is 17.0 Å². The smallest absolute Gasteiger partial charge is 0.168 e. The van der Waals surface area contributed by atoms with Crippen molar-refractivity contribution in [2.24, 2.45) is 28.6 Å². The third-order valence-corrected chi connectivity index (χ3v) is 10.3. The van der Waals surface area contributed by atoms with Gasteiger partial charge in [0, 0.05) is 6.42 Å². The second-order valence-corrected chi connectivity index (χ2v) is 12.7. The number of hydrogen-bond acceptors (Lipinski definition) is 4. The molecule has 4 fully saturated rings. The Hall–Kier alpha value is -1.78. The highest BCUT2D eigenvalue weighted by Crippen LogP contribution is 2.59. The third-order valence-electron chi connectivity index (χ3n) is 10.3. The quantitative estimate of drug-likeness (QED) is 0.147. The molecule has 4 aliphatic rings. The zero-order valence-corrected chi connectivity index (χ0v) is 23.3. The summed E-state index contributed by atoms with van der Waals surface area (Å²) in [7, 11) is 0. The SMILES string of the molecule is C=C1[C@H](O)CC(=C/C=C2\CCC[C@]3(C)[C@@H]([C@H](C)/C=C/C(=O)C4(C(=O)CCCCC)CC4)CC[C@@H]23)C[C@H]1O. The zero-order valence-electron chi connectivity index (χ0n) is 23.3. The number of carbonyl (C=O) groups excluding carboxylic acids is 2. The van der Waals surface area contributed by atoms with E-state index in [4.69, 9.17) is 0 Å². The number of aliphatic hydroxyl groups excluding tert-OH is 2. The van der Waals surface area contributed by atoms with Crippen molar-refractivity contribution >= 4 is 11.6 Å². The molecule has 4 aliphatic carbocycles. The Morgan fingerprint density at radius 2 is 1.78 bits per heavy atom. The number of allylic oxidation sites excluding steroid dienone is 5. The van der Waals surface area contributed by atoms with Crippen molar-refractivity contribution in [1.29, 1.82) is 0 Å². The van der Waals surface area contributed by atoms with Crippen molar-refractivity contribution in [3.63, 3.8) is 0 Å². The Bertz CT molecular complexity index is 964. The molecule has 0 spiro atoms. The van der Waals surface area contributed by atoms with Gasteiger partial charge in [-0.1, -0.05) is 69.6 Å². The molecule has 0 aromatic rings. The van der Waals surface area contributed by atoms with Crippen molar-refractivity contribution < 1.29 is 19.8 Å². The van der Waals surface area contributed by atoms with Crippen molar-refractivity contribution in [2.45, 2.75) is 116 Å². The minimum Gasteiger partial charge on any atom is -0.388 e. The van der Waals surface area contributed by atoms with E-state index < -0.39 is 17.6 Å². The molecule has 4 nitrogen and oxygen atoms in total. The van der Waals surface area contributed by atoms with Gasteiger partial charge in [-0.3, -0.25) is 9.59 Å². The summed E-state index contributed by atoms with van der Waals surface area (Å²) >= 11 is 0. The van der Waals surface area contributed by atoms with E-state index in [1.165, 1.54) is 24.8 Å². The minimum absolute atomic E-state index is 0.0379. The van der Waals surface area contributed by atoms with Crippen LogP contribution in [0.3, 0.4) is 0 Å². The molecule has 37 heavy (non-hydrogen) atoms. The standard InChI is InChI=1S/C33H48O4/c1-5-6-7-10-30(36)33(18-19-33)31(37)16-11-22(2)26-14-15-27-25(9-8-17-32(26,27)4)13-12-24-20-28(34)23(3)29(35)21-24/h11-13,16,22,26-29,34-35H,3,5-10,14-15,17-21H2,1-2,4H3/b16-11+,25-13+/t22-,26-,27+,28-,29-,32-/m1/s1. The molecule has 0 aliphatic heterocycles. The monoisotopic (exact) mass is 508 g/mol. The molecular weight excluding hydrogens is 460 g/mol. The Morgan fingerprint density at radius 1 is 1.08 bits per heavy atom. The first-order valence-electron chi connectivity index (χ1n) is 14.8. The molecule has 0 heterocycles. The van der Waals surface area contributed by atoms with Crippen LogP contribution in [-0.2, 0) is 9.59 Å². The van der Waals surface area contributed by atoms with Gasteiger partial charge in [0.2, 0.25) is 0 Å². The van der Waals surface area contributed by atoms with E-state index in [0.29, 0.717) is 42.6 Å². The van der Waals surface area contributed by atoms with E-state index in [9.17, 15) is 19.8 Å². The lowest BCUT2D eigenvalue weighted by Gasteiger charge is -2.44. The second kappa shape index (κ2) is 11.5. The Kier molecular flexibility index (Phi) is 8.80. The Balaban J connectivity index is 1.41. The maximum atomic E-state index is 13.1. The van der Waals surface area contributed by atoms with Crippen LogP contribution in [0.5, 0.6) is 0 Å². The molecule has 0 saturated heterocycles. The predicted octanol–water partition coefficient (Wildman–Crippen LogP) is 6.82. The van der Waals surface area contributed by atoms with Gasteiger partial charge in [0.15, 0.2) is 5.78 Å². The van der Waals surface area contributed by atoms with Crippen LogP contribution in [0.15, 0.2) is 47.6 Å². The summed E-state index contributed by atoms with van der Waals surface area (Å²) in [6.45, 7) is 10.6. The molecule has 0 aromatic heterocycles. The molecule has 4 saturated carbocycles. The first-order chi connectivity index (χ1) is 17.6. The van der Waals surface area contributed by atoms with Gasteiger partial charge >= 0.3 is 0 Å². The van der Waals surface area contributed by atoms with E-state index in [2.05, 4.69) is 45.6 Å². The zero-order chi connectivity index (χ0) is 26.8. The van der Waals surface area contributed by atoms with E-state index >= 15 is 0 Å². The predicted molar refractivity (Wildman–Crippen MR) is 149 cm³/mol. The fourth-order valence-corrected chi connectivity index (χ4v) is 7.66. The molecule has 0 bridgehead atoms. The van der Waals surface area contributed by atoms with Crippen LogP contribution in [-0.4, -0.2) is 34.0 Å². The largest absolute Gasteiger partial charge is 0.388 e. The molecular formula is C33H48O4. The van der Waals surface area contributed by atoms with E-state index in [1.54, 1.807) is 6.08 Å². The van der Waals surface area contributed by atoms with Crippen LogP contribution in [0.4, 0.5) is 0 Å². The maximum Gasteiger partial charge on any atom is 0.168 e. The van der Waals surface area contributed by atoms with Crippen LogP contribution >= 0.6 is 0 Å². The van der Waals surface area contributed by atoms with Gasteiger partial charge in [0.1, 0.15) is 5.78 Å². The topological polar surface area (TPSA) is 74.6 Å². The van der Waals surface area contributed by atoms with Gasteiger partial charge in [0.25, 0.3) is 0 Å². The molecule has 0 unspecified atom stereocenters. The lowest BCUT2D eigenvalue weighted by atomic mass is 9.61. The second-order valence-electron chi connectivity index (χ2n) is 12.7. The number of rotatable bonds is 10. The van der Waals surface area contributed by atoms with Gasteiger partial charge in [-0.2, -0.15) is 0 Å². The molecule has 6 atom stereocenters. The molecule has 4 rings (SSSR count). The minimum atomic E-state index is -0.701. The Morgan fingerprint density at radius 3 is 2.43 bits per heavy atom. The summed E-state index contributed by atoms with van der Waals surface area (Å²) in [4.78, 5) is 25.8. The molecule has 4 heteroatoms.